The molecule has 0 aliphatic carbocycles. The van der Waals surface area contributed by atoms with Gasteiger partial charge in [0.25, 0.3) is 0 Å². The van der Waals surface area contributed by atoms with Gasteiger partial charge in [-0.3, -0.25) is 0 Å². The molecule has 1 aliphatic rings. The second kappa shape index (κ2) is 5.70. The molecular formula is C15H25N3O. The first kappa shape index (κ1) is 14.0. The highest BCUT2D eigenvalue weighted by atomic mass is 16.5. The summed E-state index contributed by atoms with van der Waals surface area (Å²) in [5, 5.41) is 0. The van der Waals surface area contributed by atoms with Crippen LogP contribution in [0.25, 0.3) is 0 Å². The number of nitrogen functional groups attached to an aromatic ring is 1. The van der Waals surface area contributed by atoms with E-state index in [0.717, 1.165) is 24.5 Å². The van der Waals surface area contributed by atoms with E-state index in [2.05, 4.69) is 30.0 Å². The van der Waals surface area contributed by atoms with Gasteiger partial charge in [0.2, 0.25) is 0 Å². The molecule has 4 heteroatoms. The number of ether oxygens (including phenoxy) is 1. The quantitative estimate of drug-likeness (QED) is 0.846. The van der Waals surface area contributed by atoms with Gasteiger partial charge in [-0.15, -0.1) is 0 Å². The van der Waals surface area contributed by atoms with Crippen LogP contribution >= 0.6 is 0 Å². The summed E-state index contributed by atoms with van der Waals surface area (Å²) in [5.74, 6) is 0.860. The number of anilines is 2. The van der Waals surface area contributed by atoms with Crippen molar-refractivity contribution in [2.45, 2.75) is 32.4 Å². The van der Waals surface area contributed by atoms with E-state index >= 15 is 0 Å². The molecule has 19 heavy (non-hydrogen) atoms. The van der Waals surface area contributed by atoms with Gasteiger partial charge < -0.3 is 20.3 Å². The normalized spacial score (nSPS) is 19.5. The lowest BCUT2D eigenvalue weighted by atomic mass is 10.2. The molecule has 0 spiro atoms. The third kappa shape index (κ3) is 3.53. The number of hydrogen-bond acceptors (Lipinski definition) is 4. The zero-order valence-electron chi connectivity index (χ0n) is 12.4. The van der Waals surface area contributed by atoms with Crippen LogP contribution in [0, 0.1) is 0 Å². The molecule has 2 rings (SSSR count). The Bertz CT molecular complexity index is 431. The Morgan fingerprint density at radius 3 is 2.63 bits per heavy atom. The maximum atomic E-state index is 5.98. The molecule has 1 aliphatic heterocycles. The monoisotopic (exact) mass is 263 g/mol. The lowest BCUT2D eigenvalue weighted by molar-refractivity contribution is 0.242. The molecule has 1 aromatic rings. The van der Waals surface area contributed by atoms with Gasteiger partial charge in [0.05, 0.1) is 6.10 Å². The minimum Gasteiger partial charge on any atom is -0.491 e. The molecule has 0 saturated carbocycles. The van der Waals surface area contributed by atoms with Crippen LogP contribution < -0.4 is 15.4 Å². The highest BCUT2D eigenvalue weighted by molar-refractivity contribution is 5.61. The molecule has 1 atom stereocenters. The number of nitrogens with zero attached hydrogens (tertiary/aromatic N) is 2. The third-order valence-electron chi connectivity index (χ3n) is 3.54. The van der Waals surface area contributed by atoms with Crippen LogP contribution in [0.15, 0.2) is 18.2 Å². The Hall–Kier alpha value is -1.42. The molecule has 0 bridgehead atoms. The summed E-state index contributed by atoms with van der Waals surface area (Å²) in [6, 6.07) is 6.64. The van der Waals surface area contributed by atoms with E-state index in [1.807, 2.05) is 26.0 Å². The highest BCUT2D eigenvalue weighted by Crippen LogP contribution is 2.29. The fourth-order valence-corrected chi connectivity index (χ4v) is 2.53. The van der Waals surface area contributed by atoms with Crippen LogP contribution in [-0.2, 0) is 0 Å². The summed E-state index contributed by atoms with van der Waals surface area (Å²) < 4.78 is 5.75. The van der Waals surface area contributed by atoms with Gasteiger partial charge in [-0.2, -0.15) is 0 Å². The average Bonchev–Trinajstić information content (AvgIpc) is 2.76. The molecular weight excluding hydrogens is 238 g/mol. The second-order valence-corrected chi connectivity index (χ2v) is 5.78. The van der Waals surface area contributed by atoms with E-state index in [9.17, 15) is 0 Å². The van der Waals surface area contributed by atoms with Crippen LogP contribution in [0.5, 0.6) is 5.75 Å². The van der Waals surface area contributed by atoms with E-state index in [4.69, 9.17) is 10.5 Å². The maximum Gasteiger partial charge on any atom is 0.123 e. The molecule has 0 amide bonds. The smallest absolute Gasteiger partial charge is 0.123 e. The Labute approximate surface area is 116 Å². The molecule has 4 nitrogen and oxygen atoms in total. The van der Waals surface area contributed by atoms with Crippen molar-refractivity contribution in [1.82, 2.24) is 4.90 Å². The molecule has 2 N–H and O–H groups in total. The standard InChI is InChI=1S/C15H25N3O/c1-11(2)19-15-8-12(16)7-14(9-15)18-6-5-13(10-18)17(3)4/h7-9,11,13H,5-6,10,16H2,1-4H3. The predicted octanol–water partition coefficient (Wildman–Crippen LogP) is 2.20. The van der Waals surface area contributed by atoms with Crippen molar-refractivity contribution in [1.29, 1.82) is 0 Å². The Balaban J connectivity index is 2.14. The number of rotatable bonds is 4. The van der Waals surface area contributed by atoms with Crippen molar-refractivity contribution in [3.05, 3.63) is 18.2 Å². The molecule has 1 heterocycles. The van der Waals surface area contributed by atoms with Crippen LogP contribution in [0.4, 0.5) is 11.4 Å². The fourth-order valence-electron chi connectivity index (χ4n) is 2.53. The molecule has 0 radical (unpaired) electrons. The van der Waals surface area contributed by atoms with E-state index in [1.54, 1.807) is 0 Å². The maximum absolute atomic E-state index is 5.98. The van der Waals surface area contributed by atoms with E-state index in [0.29, 0.717) is 6.04 Å². The van der Waals surface area contributed by atoms with Gasteiger partial charge in [-0.05, 0) is 40.4 Å². The number of likely N-dealkylation sites (N-methyl/N-ethyl adjacent to an activating group) is 1. The van der Waals surface area contributed by atoms with Crippen LogP contribution in [0.3, 0.4) is 0 Å². The molecule has 1 unspecified atom stereocenters. The van der Waals surface area contributed by atoms with E-state index in [-0.39, 0.29) is 6.10 Å². The van der Waals surface area contributed by atoms with Crippen molar-refractivity contribution < 1.29 is 4.74 Å². The lowest BCUT2D eigenvalue weighted by Crippen LogP contribution is -2.31. The van der Waals surface area contributed by atoms with Crippen molar-refractivity contribution in [2.75, 3.05) is 37.8 Å². The summed E-state index contributed by atoms with van der Waals surface area (Å²) in [5.41, 5.74) is 7.91. The van der Waals surface area contributed by atoms with Crippen molar-refractivity contribution in [3.8, 4) is 5.75 Å². The number of nitrogens with two attached hydrogens (primary N) is 1. The molecule has 1 fully saturated rings. The van der Waals surface area contributed by atoms with Gasteiger partial charge >= 0.3 is 0 Å². The summed E-state index contributed by atoms with van der Waals surface area (Å²) >= 11 is 0. The fraction of sp³-hybridized carbons (Fsp3) is 0.600. The number of benzene rings is 1. The first-order chi connectivity index (χ1) is 8.95. The second-order valence-electron chi connectivity index (χ2n) is 5.78. The Kier molecular flexibility index (Phi) is 4.20. The molecule has 106 valence electrons. The van der Waals surface area contributed by atoms with Crippen LogP contribution in [0.2, 0.25) is 0 Å². The third-order valence-corrected chi connectivity index (χ3v) is 3.54. The Morgan fingerprint density at radius 1 is 1.32 bits per heavy atom. The first-order valence-corrected chi connectivity index (χ1v) is 6.94. The van der Waals surface area contributed by atoms with Gasteiger partial charge in [0, 0.05) is 42.6 Å². The highest BCUT2D eigenvalue weighted by Gasteiger charge is 2.24. The minimum atomic E-state index is 0.169. The lowest BCUT2D eigenvalue weighted by Gasteiger charge is -2.23. The van der Waals surface area contributed by atoms with E-state index in [1.165, 1.54) is 12.1 Å². The van der Waals surface area contributed by atoms with Crippen molar-refractivity contribution >= 4 is 11.4 Å². The van der Waals surface area contributed by atoms with Crippen molar-refractivity contribution in [2.24, 2.45) is 0 Å². The topological polar surface area (TPSA) is 41.7 Å². The van der Waals surface area contributed by atoms with E-state index < -0.39 is 0 Å². The van der Waals surface area contributed by atoms with Gasteiger partial charge in [-0.25, -0.2) is 0 Å². The van der Waals surface area contributed by atoms with Gasteiger partial charge in [-0.1, -0.05) is 0 Å². The zero-order valence-corrected chi connectivity index (χ0v) is 12.4. The zero-order chi connectivity index (χ0) is 14.0. The van der Waals surface area contributed by atoms with Crippen molar-refractivity contribution in [3.63, 3.8) is 0 Å². The first-order valence-electron chi connectivity index (χ1n) is 6.94. The van der Waals surface area contributed by atoms with Gasteiger partial charge in [0.15, 0.2) is 0 Å². The minimum absolute atomic E-state index is 0.169. The largest absolute Gasteiger partial charge is 0.491 e. The molecule has 0 aromatic heterocycles. The average molecular weight is 263 g/mol. The Morgan fingerprint density at radius 2 is 2.05 bits per heavy atom. The summed E-state index contributed by atoms with van der Waals surface area (Å²) in [6.45, 7) is 6.19. The van der Waals surface area contributed by atoms with Crippen LogP contribution in [-0.4, -0.2) is 44.2 Å². The van der Waals surface area contributed by atoms with Gasteiger partial charge in [0.1, 0.15) is 5.75 Å². The van der Waals surface area contributed by atoms with Crippen LogP contribution in [0.1, 0.15) is 20.3 Å². The summed E-state index contributed by atoms with van der Waals surface area (Å²) in [6.07, 6.45) is 1.37. The molecule has 1 aromatic carbocycles. The summed E-state index contributed by atoms with van der Waals surface area (Å²) in [4.78, 5) is 4.67. The molecule has 1 saturated heterocycles. The predicted molar refractivity (Wildman–Crippen MR) is 80.9 cm³/mol. The SMILES string of the molecule is CC(C)Oc1cc(N)cc(N2CCC(N(C)C)C2)c1. The number of hydrogen-bond donors (Lipinski definition) is 1. The summed E-state index contributed by atoms with van der Waals surface area (Å²) in [7, 11) is 4.28.